The van der Waals surface area contributed by atoms with Crippen LogP contribution in [0.2, 0.25) is 0 Å². The predicted molar refractivity (Wildman–Crippen MR) is 78.1 cm³/mol. The molecule has 2 N–H and O–H groups in total. The van der Waals surface area contributed by atoms with Crippen LogP contribution in [0.4, 0.5) is 13.2 Å². The van der Waals surface area contributed by atoms with Gasteiger partial charge < -0.3 is 10.6 Å². The number of alkyl halides is 3. The molecule has 1 unspecified atom stereocenters. The third-order valence-corrected chi connectivity index (χ3v) is 3.85. The van der Waals surface area contributed by atoms with E-state index in [-0.39, 0.29) is 6.54 Å². The van der Waals surface area contributed by atoms with Gasteiger partial charge in [-0.3, -0.25) is 4.79 Å². The van der Waals surface area contributed by atoms with E-state index in [1.54, 1.807) is 12.1 Å². The van der Waals surface area contributed by atoms with E-state index in [0.717, 1.165) is 18.4 Å². The van der Waals surface area contributed by atoms with E-state index in [1.807, 2.05) is 19.1 Å². The largest absolute Gasteiger partial charge is 0.390 e. The normalized spacial score (nSPS) is 16.4. The van der Waals surface area contributed by atoms with Crippen molar-refractivity contribution in [3.05, 3.63) is 35.4 Å². The number of carbonyl (C=O) groups is 1. The number of amides is 1. The van der Waals surface area contributed by atoms with Gasteiger partial charge in [-0.1, -0.05) is 29.8 Å². The van der Waals surface area contributed by atoms with Crippen molar-refractivity contribution < 1.29 is 18.0 Å². The van der Waals surface area contributed by atoms with Crippen LogP contribution in [0.25, 0.3) is 0 Å². The molecule has 122 valence electrons. The van der Waals surface area contributed by atoms with Gasteiger partial charge in [-0.25, -0.2) is 0 Å². The van der Waals surface area contributed by atoms with Gasteiger partial charge >= 0.3 is 6.18 Å². The van der Waals surface area contributed by atoms with E-state index < -0.39 is 24.5 Å². The number of nitrogens with zero attached hydrogens (tertiary/aromatic N) is 1. The molecule has 0 spiro atoms. The first kappa shape index (κ1) is 16.8. The molecule has 1 atom stereocenters. The highest BCUT2D eigenvalue weighted by atomic mass is 19.4. The molecule has 1 saturated carbocycles. The topological polar surface area (TPSA) is 46.3 Å². The maximum atomic E-state index is 12.4. The molecule has 6 heteroatoms. The fourth-order valence-corrected chi connectivity index (χ4v) is 2.28. The lowest BCUT2D eigenvalue weighted by Gasteiger charge is -2.26. The number of aryl methyl sites for hydroxylation is 1. The molecular formula is C16H21F3N2O. The standard InChI is InChI=1S/C16H21F3N2O/c1-11-2-6-13(7-3-11)14(20)15(22)21(10-12-4-5-12)9-8-16(17,18)19/h2-3,6-7,12,14H,4-5,8-10,20H2,1H3. The highest BCUT2D eigenvalue weighted by Crippen LogP contribution is 2.31. The lowest BCUT2D eigenvalue weighted by Crippen LogP contribution is -2.41. The van der Waals surface area contributed by atoms with Gasteiger partial charge in [0.15, 0.2) is 0 Å². The summed E-state index contributed by atoms with van der Waals surface area (Å²) in [6.45, 7) is 1.97. The molecule has 0 aliphatic heterocycles. The summed E-state index contributed by atoms with van der Waals surface area (Å²) in [4.78, 5) is 13.7. The van der Waals surface area contributed by atoms with E-state index in [9.17, 15) is 18.0 Å². The smallest absolute Gasteiger partial charge is 0.340 e. The summed E-state index contributed by atoms with van der Waals surface area (Å²) in [5.41, 5.74) is 7.62. The van der Waals surface area contributed by atoms with Crippen molar-refractivity contribution in [1.29, 1.82) is 0 Å². The summed E-state index contributed by atoms with van der Waals surface area (Å²) < 4.78 is 37.3. The van der Waals surface area contributed by atoms with Gasteiger partial charge in [-0.05, 0) is 31.2 Å². The van der Waals surface area contributed by atoms with Gasteiger partial charge in [0.2, 0.25) is 5.91 Å². The Kier molecular flexibility index (Phi) is 5.11. The molecule has 1 aromatic carbocycles. The monoisotopic (exact) mass is 314 g/mol. The first-order chi connectivity index (χ1) is 10.3. The molecule has 0 saturated heterocycles. The Morgan fingerprint density at radius 3 is 2.41 bits per heavy atom. The van der Waals surface area contributed by atoms with Gasteiger partial charge in [-0.2, -0.15) is 13.2 Å². The first-order valence-electron chi connectivity index (χ1n) is 7.44. The molecule has 0 bridgehead atoms. The molecule has 0 heterocycles. The minimum Gasteiger partial charge on any atom is -0.340 e. The van der Waals surface area contributed by atoms with E-state index in [4.69, 9.17) is 5.73 Å². The lowest BCUT2D eigenvalue weighted by molar-refractivity contribution is -0.146. The highest BCUT2D eigenvalue weighted by Gasteiger charge is 2.33. The molecule has 1 aromatic rings. The molecule has 1 amide bonds. The quantitative estimate of drug-likeness (QED) is 0.876. The van der Waals surface area contributed by atoms with E-state index in [2.05, 4.69) is 0 Å². The van der Waals surface area contributed by atoms with Crippen LogP contribution in [-0.2, 0) is 4.79 Å². The third kappa shape index (κ3) is 5.02. The highest BCUT2D eigenvalue weighted by molar-refractivity contribution is 5.83. The first-order valence-corrected chi connectivity index (χ1v) is 7.44. The molecule has 1 fully saturated rings. The second-order valence-corrected chi connectivity index (χ2v) is 5.98. The van der Waals surface area contributed by atoms with Crippen LogP contribution in [-0.4, -0.2) is 30.1 Å². The maximum Gasteiger partial charge on any atom is 0.390 e. The Morgan fingerprint density at radius 2 is 1.91 bits per heavy atom. The van der Waals surface area contributed by atoms with E-state index in [0.29, 0.717) is 18.0 Å². The Morgan fingerprint density at radius 1 is 1.32 bits per heavy atom. The second kappa shape index (κ2) is 6.69. The van der Waals surface area contributed by atoms with E-state index in [1.165, 1.54) is 4.90 Å². The summed E-state index contributed by atoms with van der Waals surface area (Å²) in [6.07, 6.45) is -3.33. The number of carbonyl (C=O) groups excluding carboxylic acids is 1. The molecule has 3 nitrogen and oxygen atoms in total. The zero-order chi connectivity index (χ0) is 16.3. The molecule has 2 rings (SSSR count). The third-order valence-electron chi connectivity index (χ3n) is 3.85. The molecular weight excluding hydrogens is 293 g/mol. The van der Waals surface area contributed by atoms with Crippen LogP contribution in [0.1, 0.15) is 36.4 Å². The molecule has 22 heavy (non-hydrogen) atoms. The molecule has 0 aromatic heterocycles. The maximum absolute atomic E-state index is 12.4. The van der Waals surface area contributed by atoms with Crippen molar-refractivity contribution in [1.82, 2.24) is 4.90 Å². The lowest BCUT2D eigenvalue weighted by atomic mass is 10.0. The van der Waals surface area contributed by atoms with Crippen LogP contribution < -0.4 is 5.73 Å². The van der Waals surface area contributed by atoms with Crippen LogP contribution in [0.3, 0.4) is 0 Å². The fourth-order valence-electron chi connectivity index (χ4n) is 2.28. The number of benzene rings is 1. The van der Waals surface area contributed by atoms with Crippen molar-refractivity contribution in [2.24, 2.45) is 11.7 Å². The average Bonchev–Trinajstić information content (AvgIpc) is 3.26. The van der Waals surface area contributed by atoms with Crippen molar-refractivity contribution in [2.75, 3.05) is 13.1 Å². The van der Waals surface area contributed by atoms with Crippen molar-refractivity contribution in [3.8, 4) is 0 Å². The number of hydrogen-bond acceptors (Lipinski definition) is 2. The molecule has 0 radical (unpaired) electrons. The minimum absolute atomic E-state index is 0.321. The summed E-state index contributed by atoms with van der Waals surface area (Å²) in [5.74, 6) is -0.109. The zero-order valence-corrected chi connectivity index (χ0v) is 12.6. The summed E-state index contributed by atoms with van der Waals surface area (Å²) in [6, 6.07) is 6.26. The Balaban J connectivity index is 2.04. The van der Waals surface area contributed by atoms with Crippen LogP contribution in [0.15, 0.2) is 24.3 Å². The van der Waals surface area contributed by atoms with Gasteiger partial charge in [0.25, 0.3) is 0 Å². The predicted octanol–water partition coefficient (Wildman–Crippen LogP) is 3.19. The number of rotatable bonds is 6. The molecule has 1 aliphatic rings. The Labute approximate surface area is 128 Å². The van der Waals surface area contributed by atoms with Gasteiger partial charge in [-0.15, -0.1) is 0 Å². The number of nitrogens with two attached hydrogens (primary N) is 1. The van der Waals surface area contributed by atoms with Crippen LogP contribution >= 0.6 is 0 Å². The second-order valence-electron chi connectivity index (χ2n) is 5.98. The summed E-state index contributed by atoms with van der Waals surface area (Å²) in [5, 5.41) is 0. The number of halogens is 3. The van der Waals surface area contributed by atoms with Crippen molar-refractivity contribution >= 4 is 5.91 Å². The zero-order valence-electron chi connectivity index (χ0n) is 12.6. The molecule has 1 aliphatic carbocycles. The van der Waals surface area contributed by atoms with Gasteiger partial charge in [0.1, 0.15) is 6.04 Å². The number of hydrogen-bond donors (Lipinski definition) is 1. The SMILES string of the molecule is Cc1ccc(C(N)C(=O)N(CCC(F)(F)F)CC2CC2)cc1. The van der Waals surface area contributed by atoms with Gasteiger partial charge in [0, 0.05) is 13.1 Å². The Hall–Kier alpha value is -1.56. The van der Waals surface area contributed by atoms with Crippen LogP contribution in [0.5, 0.6) is 0 Å². The van der Waals surface area contributed by atoms with E-state index >= 15 is 0 Å². The summed E-state index contributed by atoms with van der Waals surface area (Å²) >= 11 is 0. The Bertz CT molecular complexity index is 509. The minimum atomic E-state index is -4.27. The van der Waals surface area contributed by atoms with Gasteiger partial charge in [0.05, 0.1) is 6.42 Å². The summed E-state index contributed by atoms with van der Waals surface area (Å²) in [7, 11) is 0. The average molecular weight is 314 g/mol. The van der Waals surface area contributed by atoms with Crippen molar-refractivity contribution in [2.45, 2.75) is 38.4 Å². The van der Waals surface area contributed by atoms with Crippen LogP contribution in [0, 0.1) is 12.8 Å². The van der Waals surface area contributed by atoms with Crippen molar-refractivity contribution in [3.63, 3.8) is 0 Å². The fraction of sp³-hybridized carbons (Fsp3) is 0.562.